The Kier molecular flexibility index (Phi) is 2.83. The van der Waals surface area contributed by atoms with E-state index >= 15 is 0 Å². The lowest BCUT2D eigenvalue weighted by molar-refractivity contribution is -0.115. The number of rotatable bonds is 3. The van der Waals surface area contributed by atoms with Crippen LogP contribution in [0.3, 0.4) is 0 Å². The molecule has 1 aromatic rings. The molecule has 1 amide bonds. The van der Waals surface area contributed by atoms with Crippen LogP contribution in [0.15, 0.2) is 24.3 Å². The number of carbonyl (C=O) groups excluding carboxylic acids is 1. The second-order valence-corrected chi connectivity index (χ2v) is 3.62. The summed E-state index contributed by atoms with van der Waals surface area (Å²) in [4.78, 5) is 11.1. The first-order chi connectivity index (χ1) is 7.29. The molecule has 0 saturated heterocycles. The van der Waals surface area contributed by atoms with Gasteiger partial charge in [0.15, 0.2) is 0 Å². The number of hydrogen-bond acceptors (Lipinski definition) is 2. The molecular weight excluding hydrogens is 188 g/mol. The standard InChI is InChI=1S/C12H14N2O/c13-6-2-1-3-9-4-5-11-10(7-9)8-12(15)14-11/h1,3-5,7H,2,6,8,13H2,(H,14,15). The minimum Gasteiger partial charge on any atom is -0.330 e. The van der Waals surface area contributed by atoms with Crippen LogP contribution in [0.4, 0.5) is 5.69 Å². The summed E-state index contributed by atoms with van der Waals surface area (Å²) >= 11 is 0. The van der Waals surface area contributed by atoms with Gasteiger partial charge >= 0.3 is 0 Å². The van der Waals surface area contributed by atoms with E-state index in [0.29, 0.717) is 13.0 Å². The Balaban J connectivity index is 2.16. The van der Waals surface area contributed by atoms with E-state index in [-0.39, 0.29) is 5.91 Å². The molecule has 1 aliphatic heterocycles. The van der Waals surface area contributed by atoms with Gasteiger partial charge in [-0.15, -0.1) is 0 Å². The molecule has 0 aliphatic carbocycles. The van der Waals surface area contributed by atoms with E-state index in [1.54, 1.807) is 0 Å². The first-order valence-corrected chi connectivity index (χ1v) is 5.09. The average Bonchev–Trinajstić information content (AvgIpc) is 2.57. The van der Waals surface area contributed by atoms with Crippen molar-refractivity contribution in [2.75, 3.05) is 11.9 Å². The van der Waals surface area contributed by atoms with E-state index in [2.05, 4.69) is 5.32 Å². The Morgan fingerprint density at radius 3 is 3.13 bits per heavy atom. The SMILES string of the molecule is NCCC=Cc1ccc2c(c1)CC(=O)N2. The molecule has 15 heavy (non-hydrogen) atoms. The van der Waals surface area contributed by atoms with Crippen LogP contribution in [0, 0.1) is 0 Å². The van der Waals surface area contributed by atoms with E-state index in [1.165, 1.54) is 0 Å². The maximum atomic E-state index is 11.1. The number of carbonyl (C=O) groups is 1. The number of benzene rings is 1. The van der Waals surface area contributed by atoms with E-state index < -0.39 is 0 Å². The van der Waals surface area contributed by atoms with Gasteiger partial charge in [-0.1, -0.05) is 18.2 Å². The predicted molar refractivity (Wildman–Crippen MR) is 61.5 cm³/mol. The van der Waals surface area contributed by atoms with Gasteiger partial charge in [0, 0.05) is 5.69 Å². The summed E-state index contributed by atoms with van der Waals surface area (Å²) in [6.07, 6.45) is 5.46. The number of hydrogen-bond donors (Lipinski definition) is 2. The quantitative estimate of drug-likeness (QED) is 0.781. The zero-order valence-corrected chi connectivity index (χ0v) is 8.49. The molecule has 1 aromatic carbocycles. The fraction of sp³-hybridized carbons (Fsp3) is 0.250. The minimum atomic E-state index is 0.0769. The summed E-state index contributed by atoms with van der Waals surface area (Å²) in [5, 5.41) is 2.81. The molecule has 0 radical (unpaired) electrons. The summed E-state index contributed by atoms with van der Waals surface area (Å²) in [5.41, 5.74) is 8.54. The van der Waals surface area contributed by atoms with Crippen molar-refractivity contribution in [1.82, 2.24) is 0 Å². The number of anilines is 1. The number of nitrogens with two attached hydrogens (primary N) is 1. The number of nitrogens with one attached hydrogen (secondary N) is 1. The van der Waals surface area contributed by atoms with Crippen molar-refractivity contribution in [2.24, 2.45) is 5.73 Å². The van der Waals surface area contributed by atoms with Crippen molar-refractivity contribution in [3.63, 3.8) is 0 Å². The van der Waals surface area contributed by atoms with Gasteiger partial charge in [0.1, 0.15) is 0 Å². The Hall–Kier alpha value is -1.61. The first-order valence-electron chi connectivity index (χ1n) is 5.09. The zero-order chi connectivity index (χ0) is 10.7. The normalized spacial score (nSPS) is 14.3. The zero-order valence-electron chi connectivity index (χ0n) is 8.49. The smallest absolute Gasteiger partial charge is 0.228 e. The minimum absolute atomic E-state index is 0.0769. The lowest BCUT2D eigenvalue weighted by Gasteiger charge is -1.99. The molecule has 3 N–H and O–H groups in total. The number of amides is 1. The summed E-state index contributed by atoms with van der Waals surface area (Å²) in [5.74, 6) is 0.0769. The molecule has 3 heteroatoms. The molecular formula is C12H14N2O. The molecule has 78 valence electrons. The Morgan fingerprint density at radius 2 is 2.33 bits per heavy atom. The Bertz CT molecular complexity index is 410. The van der Waals surface area contributed by atoms with E-state index in [9.17, 15) is 4.79 Å². The molecule has 0 saturated carbocycles. The van der Waals surface area contributed by atoms with Gasteiger partial charge in [0.2, 0.25) is 5.91 Å². The van der Waals surface area contributed by atoms with Gasteiger partial charge in [-0.05, 0) is 36.2 Å². The van der Waals surface area contributed by atoms with Gasteiger partial charge < -0.3 is 11.1 Å². The molecule has 1 heterocycles. The molecule has 0 spiro atoms. The molecule has 0 unspecified atom stereocenters. The second kappa shape index (κ2) is 4.28. The van der Waals surface area contributed by atoms with Crippen LogP contribution >= 0.6 is 0 Å². The number of fused-ring (bicyclic) bond motifs is 1. The van der Waals surface area contributed by atoms with Gasteiger partial charge in [0.25, 0.3) is 0 Å². The summed E-state index contributed by atoms with van der Waals surface area (Å²) in [6, 6.07) is 5.99. The maximum Gasteiger partial charge on any atom is 0.228 e. The summed E-state index contributed by atoms with van der Waals surface area (Å²) in [7, 11) is 0. The maximum absolute atomic E-state index is 11.1. The lowest BCUT2D eigenvalue weighted by Crippen LogP contribution is -2.03. The van der Waals surface area contributed by atoms with Crippen molar-refractivity contribution < 1.29 is 4.79 Å². The van der Waals surface area contributed by atoms with Crippen molar-refractivity contribution in [3.05, 3.63) is 35.4 Å². The molecule has 0 aromatic heterocycles. The topological polar surface area (TPSA) is 55.1 Å². The summed E-state index contributed by atoms with van der Waals surface area (Å²) in [6.45, 7) is 0.668. The van der Waals surface area contributed by atoms with Crippen LogP contribution in [-0.2, 0) is 11.2 Å². The third-order valence-electron chi connectivity index (χ3n) is 2.40. The summed E-state index contributed by atoms with van der Waals surface area (Å²) < 4.78 is 0. The first kappa shape index (κ1) is 9.93. The highest BCUT2D eigenvalue weighted by Gasteiger charge is 2.16. The predicted octanol–water partition coefficient (Wildman–Crippen LogP) is 1.54. The Morgan fingerprint density at radius 1 is 1.47 bits per heavy atom. The van der Waals surface area contributed by atoms with E-state index in [4.69, 9.17) is 5.73 Å². The third-order valence-corrected chi connectivity index (χ3v) is 2.40. The van der Waals surface area contributed by atoms with Gasteiger partial charge in [0.05, 0.1) is 6.42 Å². The van der Waals surface area contributed by atoms with Gasteiger partial charge in [-0.25, -0.2) is 0 Å². The van der Waals surface area contributed by atoms with Crippen molar-refractivity contribution in [1.29, 1.82) is 0 Å². The van der Waals surface area contributed by atoms with Crippen molar-refractivity contribution in [2.45, 2.75) is 12.8 Å². The van der Waals surface area contributed by atoms with Gasteiger partial charge in [-0.2, -0.15) is 0 Å². The fourth-order valence-electron chi connectivity index (χ4n) is 1.67. The van der Waals surface area contributed by atoms with Crippen molar-refractivity contribution >= 4 is 17.7 Å². The van der Waals surface area contributed by atoms with Crippen LogP contribution in [0.5, 0.6) is 0 Å². The monoisotopic (exact) mass is 202 g/mol. The van der Waals surface area contributed by atoms with Crippen LogP contribution < -0.4 is 11.1 Å². The van der Waals surface area contributed by atoms with Gasteiger partial charge in [-0.3, -0.25) is 4.79 Å². The highest BCUT2D eigenvalue weighted by Crippen LogP contribution is 2.24. The molecule has 0 atom stereocenters. The van der Waals surface area contributed by atoms with Crippen LogP contribution in [0.2, 0.25) is 0 Å². The molecule has 1 aliphatic rings. The molecule has 3 nitrogen and oxygen atoms in total. The molecule has 2 rings (SSSR count). The second-order valence-electron chi connectivity index (χ2n) is 3.62. The van der Waals surface area contributed by atoms with Crippen molar-refractivity contribution in [3.8, 4) is 0 Å². The largest absolute Gasteiger partial charge is 0.330 e. The van der Waals surface area contributed by atoms with Crippen LogP contribution in [0.1, 0.15) is 17.5 Å². The van der Waals surface area contributed by atoms with E-state index in [0.717, 1.165) is 23.2 Å². The fourth-order valence-corrected chi connectivity index (χ4v) is 1.67. The van der Waals surface area contributed by atoms with E-state index in [1.807, 2.05) is 30.4 Å². The van der Waals surface area contributed by atoms with Crippen LogP contribution in [-0.4, -0.2) is 12.5 Å². The lowest BCUT2D eigenvalue weighted by atomic mass is 10.1. The average molecular weight is 202 g/mol. The molecule has 0 fully saturated rings. The highest BCUT2D eigenvalue weighted by atomic mass is 16.1. The van der Waals surface area contributed by atoms with Crippen LogP contribution in [0.25, 0.3) is 6.08 Å². The Labute approximate surface area is 89.0 Å². The molecule has 0 bridgehead atoms. The highest BCUT2D eigenvalue weighted by molar-refractivity contribution is 5.99. The third kappa shape index (κ3) is 2.25.